The van der Waals surface area contributed by atoms with Crippen molar-refractivity contribution in [2.45, 2.75) is 12.8 Å². The summed E-state index contributed by atoms with van der Waals surface area (Å²) in [5, 5.41) is 10.2. The molecule has 0 bridgehead atoms. The number of pyridine rings is 1. The Labute approximate surface area is 118 Å². The van der Waals surface area contributed by atoms with E-state index in [4.69, 9.17) is 0 Å². The molecule has 0 amide bonds. The second kappa shape index (κ2) is 6.19. The van der Waals surface area contributed by atoms with Gasteiger partial charge in [-0.2, -0.15) is 0 Å². The summed E-state index contributed by atoms with van der Waals surface area (Å²) in [6.45, 7) is 4.48. The maximum Gasteiger partial charge on any atom is 0.339 e. The summed E-state index contributed by atoms with van der Waals surface area (Å²) in [4.78, 5) is 17.6. The van der Waals surface area contributed by atoms with Crippen molar-refractivity contribution < 1.29 is 9.90 Å². The number of hydrogen-bond acceptors (Lipinski definition) is 3. The van der Waals surface area contributed by atoms with E-state index in [-0.39, 0.29) is 5.56 Å². The first-order chi connectivity index (χ1) is 9.65. The monoisotopic (exact) mass is 270 g/mol. The van der Waals surface area contributed by atoms with Crippen LogP contribution in [0.25, 0.3) is 10.9 Å². The van der Waals surface area contributed by atoms with E-state index in [9.17, 15) is 9.90 Å². The molecule has 0 unspecified atom stereocenters. The van der Waals surface area contributed by atoms with Crippen LogP contribution in [-0.4, -0.2) is 29.7 Å². The van der Waals surface area contributed by atoms with Crippen LogP contribution in [0.5, 0.6) is 0 Å². The van der Waals surface area contributed by atoms with Crippen molar-refractivity contribution in [1.29, 1.82) is 0 Å². The lowest BCUT2D eigenvalue weighted by Gasteiger charge is -2.22. The predicted octanol–water partition coefficient (Wildman–Crippen LogP) is 3.34. The second-order valence-corrected chi connectivity index (χ2v) is 4.70. The van der Waals surface area contributed by atoms with Gasteiger partial charge in [0.25, 0.3) is 0 Å². The third-order valence-electron chi connectivity index (χ3n) is 3.26. The Morgan fingerprint density at radius 2 is 2.20 bits per heavy atom. The summed E-state index contributed by atoms with van der Waals surface area (Å²) in [6, 6.07) is 7.60. The number of aromatic carboxylic acids is 1. The number of carboxylic acids is 1. The molecule has 0 saturated carbocycles. The van der Waals surface area contributed by atoms with Crippen LogP contribution >= 0.6 is 0 Å². The molecule has 0 aliphatic carbocycles. The van der Waals surface area contributed by atoms with Crippen molar-refractivity contribution in [3.05, 3.63) is 48.7 Å². The number of nitrogens with zero attached hydrogens (tertiary/aromatic N) is 2. The minimum Gasteiger partial charge on any atom is -0.478 e. The van der Waals surface area contributed by atoms with E-state index in [0.29, 0.717) is 0 Å². The Kier molecular flexibility index (Phi) is 4.35. The molecule has 0 spiro atoms. The number of hydrogen-bond donors (Lipinski definition) is 1. The minimum absolute atomic E-state index is 0.241. The van der Waals surface area contributed by atoms with Gasteiger partial charge in [0.1, 0.15) is 5.56 Å². The number of carbonyl (C=O) groups is 1. The Balaban J connectivity index is 2.48. The van der Waals surface area contributed by atoms with Gasteiger partial charge in [-0.1, -0.05) is 24.3 Å². The number of unbranched alkanes of at least 4 members (excludes halogenated alkanes) is 1. The molecule has 4 nitrogen and oxygen atoms in total. The normalized spacial score (nSPS) is 10.4. The molecule has 0 aliphatic rings. The number of aromatic nitrogens is 1. The van der Waals surface area contributed by atoms with Crippen LogP contribution in [0.15, 0.2) is 43.1 Å². The molecule has 20 heavy (non-hydrogen) atoms. The van der Waals surface area contributed by atoms with E-state index in [2.05, 4.69) is 11.6 Å². The zero-order valence-corrected chi connectivity index (χ0v) is 11.5. The maximum atomic E-state index is 11.4. The molecule has 0 aliphatic heterocycles. The maximum absolute atomic E-state index is 11.4. The average molecular weight is 270 g/mol. The van der Waals surface area contributed by atoms with E-state index in [0.717, 1.165) is 36.0 Å². The smallest absolute Gasteiger partial charge is 0.339 e. The summed E-state index contributed by atoms with van der Waals surface area (Å²) in [6.07, 6.45) is 5.16. The number of fused-ring (bicyclic) bond motifs is 1. The van der Waals surface area contributed by atoms with E-state index < -0.39 is 5.97 Å². The van der Waals surface area contributed by atoms with Gasteiger partial charge in [-0.15, -0.1) is 6.58 Å². The van der Waals surface area contributed by atoms with Crippen LogP contribution in [0.1, 0.15) is 23.2 Å². The molecule has 0 radical (unpaired) electrons. The summed E-state index contributed by atoms with van der Waals surface area (Å²) in [7, 11) is 1.91. The van der Waals surface area contributed by atoms with Crippen LogP contribution in [0.2, 0.25) is 0 Å². The van der Waals surface area contributed by atoms with Crippen molar-refractivity contribution in [2.75, 3.05) is 18.5 Å². The number of carboxylic acid groups (broad SMARTS) is 1. The van der Waals surface area contributed by atoms with Crippen molar-refractivity contribution in [1.82, 2.24) is 4.98 Å². The molecule has 1 N–H and O–H groups in total. The van der Waals surface area contributed by atoms with Gasteiger partial charge in [0.2, 0.25) is 0 Å². The van der Waals surface area contributed by atoms with E-state index in [1.807, 2.05) is 42.3 Å². The zero-order chi connectivity index (χ0) is 14.5. The van der Waals surface area contributed by atoms with Gasteiger partial charge in [0.15, 0.2) is 0 Å². The van der Waals surface area contributed by atoms with Crippen molar-refractivity contribution in [3.63, 3.8) is 0 Å². The Morgan fingerprint density at radius 3 is 2.90 bits per heavy atom. The molecule has 104 valence electrons. The Hall–Kier alpha value is -2.36. The fourth-order valence-corrected chi connectivity index (χ4v) is 2.28. The first kappa shape index (κ1) is 14.1. The molecular formula is C16H18N2O2. The quantitative estimate of drug-likeness (QED) is 0.646. The zero-order valence-electron chi connectivity index (χ0n) is 11.5. The average Bonchev–Trinajstić information content (AvgIpc) is 2.46. The van der Waals surface area contributed by atoms with Gasteiger partial charge < -0.3 is 10.0 Å². The van der Waals surface area contributed by atoms with E-state index in [1.165, 1.54) is 6.20 Å². The summed E-state index contributed by atoms with van der Waals surface area (Å²) in [5.74, 6) is -0.950. The third-order valence-corrected chi connectivity index (χ3v) is 3.26. The molecule has 2 aromatic rings. The molecule has 1 heterocycles. The molecule has 1 aromatic heterocycles. The molecule has 0 saturated heterocycles. The number of anilines is 1. The number of allylic oxidation sites excluding steroid dienone is 1. The van der Waals surface area contributed by atoms with Crippen molar-refractivity contribution in [3.8, 4) is 0 Å². The highest BCUT2D eigenvalue weighted by Gasteiger charge is 2.17. The lowest BCUT2D eigenvalue weighted by molar-refractivity contribution is 0.0697. The van der Waals surface area contributed by atoms with Gasteiger partial charge in [-0.05, 0) is 18.9 Å². The fourth-order valence-electron chi connectivity index (χ4n) is 2.28. The van der Waals surface area contributed by atoms with E-state index >= 15 is 0 Å². The Bertz CT molecular complexity index is 637. The second-order valence-electron chi connectivity index (χ2n) is 4.70. The topological polar surface area (TPSA) is 53.4 Å². The van der Waals surface area contributed by atoms with Gasteiger partial charge in [-0.3, -0.25) is 4.98 Å². The molecule has 0 fully saturated rings. The first-order valence-electron chi connectivity index (χ1n) is 6.58. The third kappa shape index (κ3) is 2.79. The molecular weight excluding hydrogens is 252 g/mol. The van der Waals surface area contributed by atoms with Gasteiger partial charge in [0, 0.05) is 25.2 Å². The van der Waals surface area contributed by atoms with Gasteiger partial charge in [0.05, 0.1) is 11.2 Å². The van der Waals surface area contributed by atoms with Gasteiger partial charge >= 0.3 is 5.97 Å². The number of para-hydroxylation sites is 1. The highest BCUT2D eigenvalue weighted by atomic mass is 16.4. The molecule has 1 aromatic carbocycles. The fraction of sp³-hybridized carbons (Fsp3) is 0.250. The summed E-state index contributed by atoms with van der Waals surface area (Å²) >= 11 is 0. The standard InChI is InChI=1S/C16H18N2O2/c1-3-4-7-10-18(2)15-12-8-5-6-9-14(12)17-11-13(15)16(19)20/h3,5-6,8-9,11H,1,4,7,10H2,2H3,(H,19,20). The SMILES string of the molecule is C=CCCCN(C)c1c(C(=O)O)cnc2ccccc12. The largest absolute Gasteiger partial charge is 0.478 e. The summed E-state index contributed by atoms with van der Waals surface area (Å²) in [5.41, 5.74) is 1.78. The Morgan fingerprint density at radius 1 is 1.45 bits per heavy atom. The minimum atomic E-state index is -0.950. The molecule has 0 atom stereocenters. The van der Waals surface area contributed by atoms with Crippen molar-refractivity contribution in [2.24, 2.45) is 0 Å². The lowest BCUT2D eigenvalue weighted by Crippen LogP contribution is -2.21. The predicted molar refractivity (Wildman–Crippen MR) is 81.4 cm³/mol. The molecule has 2 rings (SSSR count). The van der Waals surface area contributed by atoms with E-state index in [1.54, 1.807) is 0 Å². The van der Waals surface area contributed by atoms with Crippen molar-refractivity contribution >= 4 is 22.6 Å². The van der Waals surface area contributed by atoms with Crippen LogP contribution < -0.4 is 4.90 Å². The van der Waals surface area contributed by atoms with Crippen LogP contribution in [0.4, 0.5) is 5.69 Å². The highest BCUT2D eigenvalue weighted by Crippen LogP contribution is 2.29. The summed E-state index contributed by atoms with van der Waals surface area (Å²) < 4.78 is 0. The van der Waals surface area contributed by atoms with Crippen LogP contribution in [0.3, 0.4) is 0 Å². The van der Waals surface area contributed by atoms with Crippen LogP contribution in [-0.2, 0) is 0 Å². The first-order valence-corrected chi connectivity index (χ1v) is 6.58. The highest BCUT2D eigenvalue weighted by molar-refractivity contribution is 6.04. The number of benzene rings is 1. The molecule has 4 heteroatoms. The number of rotatable bonds is 6. The lowest BCUT2D eigenvalue weighted by atomic mass is 10.1. The van der Waals surface area contributed by atoms with Gasteiger partial charge in [-0.25, -0.2) is 4.79 Å². The van der Waals surface area contributed by atoms with Crippen LogP contribution in [0, 0.1) is 0 Å².